The van der Waals surface area contributed by atoms with Gasteiger partial charge in [-0.2, -0.15) is 0 Å². The van der Waals surface area contributed by atoms with Gasteiger partial charge in [-0.15, -0.1) is 0 Å². The Bertz CT molecular complexity index is 541. The third-order valence-electron chi connectivity index (χ3n) is 3.73. The fourth-order valence-electron chi connectivity index (χ4n) is 2.23. The quantitative estimate of drug-likeness (QED) is 0.279. The average molecular weight is 446 g/mol. The summed E-state index contributed by atoms with van der Waals surface area (Å²) in [7, 11) is 3.23. The zero-order valence-corrected chi connectivity index (χ0v) is 18.3. The summed E-state index contributed by atoms with van der Waals surface area (Å²) in [5.74, 6) is -0.283. The van der Waals surface area contributed by atoms with E-state index >= 15 is 0 Å². The zero-order chi connectivity index (χ0) is 22.6. The number of aromatic carboxylic acids is 1. The molecule has 0 spiro atoms. The van der Waals surface area contributed by atoms with Crippen LogP contribution in [0.4, 0.5) is 0 Å². The van der Waals surface area contributed by atoms with Crippen LogP contribution in [-0.2, 0) is 28.4 Å². The number of hydrogen-bond donors (Lipinski definition) is 1. The highest BCUT2D eigenvalue weighted by Crippen LogP contribution is 2.23. The van der Waals surface area contributed by atoms with Crippen LogP contribution in [0.1, 0.15) is 10.4 Å². The molecule has 10 nitrogen and oxygen atoms in total. The molecule has 1 aromatic rings. The highest BCUT2D eigenvalue weighted by Gasteiger charge is 2.09. The summed E-state index contributed by atoms with van der Waals surface area (Å²) < 4.78 is 42.3. The number of hydrogen-bond acceptors (Lipinski definition) is 9. The second-order valence-electron chi connectivity index (χ2n) is 6.13. The van der Waals surface area contributed by atoms with E-state index in [1.54, 1.807) is 20.3 Å². The number of carboxylic acids is 1. The highest BCUT2D eigenvalue weighted by molar-refractivity contribution is 5.88. The van der Waals surface area contributed by atoms with Gasteiger partial charge in [0.25, 0.3) is 0 Å². The van der Waals surface area contributed by atoms with Crippen molar-refractivity contribution in [1.29, 1.82) is 0 Å². The van der Waals surface area contributed by atoms with Gasteiger partial charge in [-0.3, -0.25) is 0 Å². The largest absolute Gasteiger partial charge is 0.491 e. The van der Waals surface area contributed by atoms with E-state index < -0.39 is 5.97 Å². The molecule has 0 unspecified atom stereocenters. The van der Waals surface area contributed by atoms with E-state index in [-0.39, 0.29) is 18.8 Å². The first-order chi connectivity index (χ1) is 15.2. The summed E-state index contributed by atoms with van der Waals surface area (Å²) in [6.07, 6.45) is 0. The SMILES string of the molecule is COCCOCCOCCOc1cc(OCCOCCOCCOC)cc(C(=O)O)c1. The number of benzene rings is 1. The third-order valence-corrected chi connectivity index (χ3v) is 3.73. The molecule has 0 aliphatic carbocycles. The fourth-order valence-corrected chi connectivity index (χ4v) is 2.23. The predicted octanol–water partition coefficient (Wildman–Crippen LogP) is 1.50. The van der Waals surface area contributed by atoms with Gasteiger partial charge in [0.1, 0.15) is 24.7 Å². The molecule has 0 saturated heterocycles. The Balaban J connectivity index is 2.26. The Morgan fingerprint density at radius 2 is 0.968 bits per heavy atom. The van der Waals surface area contributed by atoms with Gasteiger partial charge in [-0.25, -0.2) is 4.79 Å². The van der Waals surface area contributed by atoms with E-state index in [9.17, 15) is 9.90 Å². The molecule has 0 heterocycles. The summed E-state index contributed by atoms with van der Waals surface area (Å²) in [6, 6.07) is 4.52. The molecular formula is C21H34O10. The molecular weight excluding hydrogens is 412 g/mol. The van der Waals surface area contributed by atoms with Crippen molar-refractivity contribution >= 4 is 5.97 Å². The highest BCUT2D eigenvalue weighted by atomic mass is 16.6. The minimum Gasteiger partial charge on any atom is -0.491 e. The van der Waals surface area contributed by atoms with Crippen molar-refractivity contribution in [3.8, 4) is 11.5 Å². The Kier molecular flexibility index (Phi) is 16.4. The first kappa shape index (κ1) is 27.1. The van der Waals surface area contributed by atoms with Crippen molar-refractivity contribution in [3.63, 3.8) is 0 Å². The van der Waals surface area contributed by atoms with Gasteiger partial charge in [0.15, 0.2) is 0 Å². The molecule has 0 aliphatic heterocycles. The van der Waals surface area contributed by atoms with Crippen LogP contribution in [0.15, 0.2) is 18.2 Å². The Morgan fingerprint density at radius 3 is 1.32 bits per heavy atom. The summed E-state index contributed by atoms with van der Waals surface area (Å²) in [4.78, 5) is 11.3. The smallest absolute Gasteiger partial charge is 0.335 e. The van der Waals surface area contributed by atoms with Crippen molar-refractivity contribution in [2.24, 2.45) is 0 Å². The molecule has 10 heteroatoms. The van der Waals surface area contributed by atoms with Gasteiger partial charge in [0, 0.05) is 20.3 Å². The lowest BCUT2D eigenvalue weighted by Gasteiger charge is -2.12. The number of methoxy groups -OCH3 is 2. The maximum absolute atomic E-state index is 11.3. The molecule has 1 rings (SSSR count). The van der Waals surface area contributed by atoms with Crippen LogP contribution in [0, 0.1) is 0 Å². The second-order valence-corrected chi connectivity index (χ2v) is 6.13. The fraction of sp³-hybridized carbons (Fsp3) is 0.667. The molecule has 1 aromatic carbocycles. The van der Waals surface area contributed by atoms with Crippen LogP contribution < -0.4 is 9.47 Å². The molecule has 0 atom stereocenters. The second kappa shape index (κ2) is 18.8. The van der Waals surface area contributed by atoms with E-state index in [1.807, 2.05) is 0 Å². The van der Waals surface area contributed by atoms with Crippen molar-refractivity contribution in [1.82, 2.24) is 0 Å². The lowest BCUT2D eigenvalue weighted by atomic mass is 10.2. The topological polar surface area (TPSA) is 111 Å². The van der Waals surface area contributed by atoms with Gasteiger partial charge >= 0.3 is 5.97 Å². The van der Waals surface area contributed by atoms with Gasteiger partial charge in [0.2, 0.25) is 0 Å². The average Bonchev–Trinajstić information content (AvgIpc) is 2.76. The predicted molar refractivity (Wildman–Crippen MR) is 111 cm³/mol. The van der Waals surface area contributed by atoms with Crippen molar-refractivity contribution in [2.45, 2.75) is 0 Å². The van der Waals surface area contributed by atoms with Crippen LogP contribution in [0.2, 0.25) is 0 Å². The standard InChI is InChI=1S/C21H34O10/c1-24-3-5-26-7-9-28-11-13-30-19-15-18(21(22)23)16-20(17-19)31-14-12-29-10-8-27-6-4-25-2/h15-17H,3-14H2,1-2H3,(H,22,23). The molecule has 0 radical (unpaired) electrons. The van der Waals surface area contributed by atoms with Gasteiger partial charge < -0.3 is 43.0 Å². The summed E-state index contributed by atoms with van der Waals surface area (Å²) >= 11 is 0. The summed E-state index contributed by atoms with van der Waals surface area (Å²) in [5, 5.41) is 9.29. The van der Waals surface area contributed by atoms with E-state index in [4.69, 9.17) is 37.9 Å². The van der Waals surface area contributed by atoms with Crippen LogP contribution in [-0.4, -0.2) is 105 Å². The molecule has 0 saturated carbocycles. The van der Waals surface area contributed by atoms with Crippen molar-refractivity contribution in [3.05, 3.63) is 23.8 Å². The van der Waals surface area contributed by atoms with Crippen LogP contribution in [0.5, 0.6) is 11.5 Å². The molecule has 0 amide bonds. The normalized spacial score (nSPS) is 10.9. The Hall–Kier alpha value is -1.95. The molecule has 0 aromatic heterocycles. The summed E-state index contributed by atoms with van der Waals surface area (Å²) in [6.45, 7) is 5.19. The van der Waals surface area contributed by atoms with E-state index in [2.05, 4.69) is 0 Å². The first-order valence-corrected chi connectivity index (χ1v) is 10.1. The number of carboxylic acid groups (broad SMARTS) is 1. The molecule has 0 bridgehead atoms. The van der Waals surface area contributed by atoms with Gasteiger partial charge in [-0.1, -0.05) is 0 Å². The lowest BCUT2D eigenvalue weighted by Crippen LogP contribution is -2.13. The zero-order valence-electron chi connectivity index (χ0n) is 18.3. The Labute approximate surface area is 183 Å². The third kappa shape index (κ3) is 14.6. The molecule has 31 heavy (non-hydrogen) atoms. The number of rotatable bonds is 21. The summed E-state index contributed by atoms with van der Waals surface area (Å²) in [5.41, 5.74) is 0.0763. The van der Waals surface area contributed by atoms with Crippen LogP contribution in [0.25, 0.3) is 0 Å². The minimum absolute atomic E-state index is 0.0763. The van der Waals surface area contributed by atoms with E-state index in [0.29, 0.717) is 77.6 Å². The maximum atomic E-state index is 11.3. The minimum atomic E-state index is -1.07. The number of ether oxygens (including phenoxy) is 8. The molecule has 0 aliphatic rings. The Morgan fingerprint density at radius 1 is 0.613 bits per heavy atom. The van der Waals surface area contributed by atoms with E-state index in [1.165, 1.54) is 12.1 Å². The monoisotopic (exact) mass is 446 g/mol. The number of carbonyl (C=O) groups is 1. The molecule has 0 fully saturated rings. The molecule has 1 N–H and O–H groups in total. The van der Waals surface area contributed by atoms with Crippen molar-refractivity contribution in [2.75, 3.05) is 93.5 Å². The van der Waals surface area contributed by atoms with E-state index in [0.717, 1.165) is 0 Å². The van der Waals surface area contributed by atoms with Crippen molar-refractivity contribution < 1.29 is 47.8 Å². The first-order valence-electron chi connectivity index (χ1n) is 10.1. The van der Waals surface area contributed by atoms with Gasteiger partial charge in [0.05, 0.1) is 71.6 Å². The lowest BCUT2D eigenvalue weighted by molar-refractivity contribution is 0.0174. The van der Waals surface area contributed by atoms with Crippen LogP contribution >= 0.6 is 0 Å². The van der Waals surface area contributed by atoms with Crippen LogP contribution in [0.3, 0.4) is 0 Å². The molecule has 178 valence electrons. The maximum Gasteiger partial charge on any atom is 0.335 e. The van der Waals surface area contributed by atoms with Gasteiger partial charge in [-0.05, 0) is 12.1 Å².